The summed E-state index contributed by atoms with van der Waals surface area (Å²) in [5.41, 5.74) is 0. The summed E-state index contributed by atoms with van der Waals surface area (Å²) in [4.78, 5) is 25.1. The summed E-state index contributed by atoms with van der Waals surface area (Å²) < 4.78 is 32.6. The standard InChI is InChI=1S/C8H10N6O5S.Na.H/c15-6(3-12-4-9-10-11-12)13-2-1-5-7(13)8(16)14(5)20(17,18)19;;/h4-5,7H,1-3H2,(H,17,18,19);;/q;+1;-1/t5-,7+;;/m1../s1. The van der Waals surface area contributed by atoms with Gasteiger partial charge in [-0.3, -0.25) is 14.1 Å². The number of rotatable bonds is 3. The van der Waals surface area contributed by atoms with Crippen LogP contribution < -0.4 is 29.6 Å². The zero-order chi connectivity index (χ0) is 14.5. The second-order valence-corrected chi connectivity index (χ2v) is 5.80. The Labute approximate surface area is 142 Å². The molecule has 11 nitrogen and oxygen atoms in total. The average molecular weight is 326 g/mol. The van der Waals surface area contributed by atoms with Crippen LogP contribution in [-0.2, 0) is 26.4 Å². The second kappa shape index (κ2) is 5.61. The molecule has 0 aliphatic carbocycles. The van der Waals surface area contributed by atoms with Gasteiger partial charge in [0.15, 0.2) is 0 Å². The minimum absolute atomic E-state index is 0. The first-order chi connectivity index (χ1) is 9.39. The zero-order valence-corrected chi connectivity index (χ0v) is 13.8. The molecule has 2 aliphatic heterocycles. The van der Waals surface area contributed by atoms with Gasteiger partial charge in [0.2, 0.25) is 5.91 Å². The van der Waals surface area contributed by atoms with Gasteiger partial charge < -0.3 is 6.33 Å². The van der Waals surface area contributed by atoms with Crippen molar-refractivity contribution in [3.63, 3.8) is 0 Å². The van der Waals surface area contributed by atoms with E-state index in [0.717, 1.165) is 0 Å². The summed E-state index contributed by atoms with van der Waals surface area (Å²) in [7, 11) is -4.56. The first-order valence-electron chi connectivity index (χ1n) is 5.70. The Bertz CT molecular complexity index is 669. The van der Waals surface area contributed by atoms with E-state index in [4.69, 9.17) is 4.55 Å². The monoisotopic (exact) mass is 326 g/mol. The molecule has 0 unspecified atom stereocenters. The molecule has 110 valence electrons. The maximum absolute atomic E-state index is 12.0. The molecular formula is C8H11N6NaO5S. The summed E-state index contributed by atoms with van der Waals surface area (Å²) in [6, 6.07) is -1.52. The number of aromatic nitrogens is 4. The molecule has 3 heterocycles. The van der Waals surface area contributed by atoms with E-state index in [1.807, 2.05) is 0 Å². The van der Waals surface area contributed by atoms with E-state index in [1.54, 1.807) is 0 Å². The molecule has 0 saturated carbocycles. The van der Waals surface area contributed by atoms with E-state index >= 15 is 0 Å². The van der Waals surface area contributed by atoms with Crippen molar-refractivity contribution in [3.8, 4) is 0 Å². The number of carbonyl (C=O) groups excluding carboxylic acids is 2. The summed E-state index contributed by atoms with van der Waals surface area (Å²) >= 11 is 0. The molecular weight excluding hydrogens is 315 g/mol. The third kappa shape index (κ3) is 2.68. The van der Waals surface area contributed by atoms with E-state index in [-0.39, 0.29) is 50.0 Å². The second-order valence-electron chi connectivity index (χ2n) is 4.51. The summed E-state index contributed by atoms with van der Waals surface area (Å²) in [6.07, 6.45) is 1.57. The normalized spacial score (nSPS) is 24.3. The summed E-state index contributed by atoms with van der Waals surface area (Å²) in [6.45, 7) is 0.115. The van der Waals surface area contributed by atoms with Gasteiger partial charge in [0.1, 0.15) is 18.9 Å². The predicted octanol–water partition coefficient (Wildman–Crippen LogP) is -5.60. The number of carbonyl (C=O) groups is 2. The molecule has 2 saturated heterocycles. The molecule has 0 bridgehead atoms. The predicted molar refractivity (Wildman–Crippen MR) is 61.2 cm³/mol. The smallest absolute Gasteiger partial charge is 1.00 e. The maximum atomic E-state index is 12.0. The fraction of sp³-hybridized carbons (Fsp3) is 0.625. The van der Waals surface area contributed by atoms with E-state index in [1.165, 1.54) is 15.9 Å². The van der Waals surface area contributed by atoms with E-state index in [9.17, 15) is 18.0 Å². The topological polar surface area (TPSA) is 139 Å². The molecule has 1 aromatic rings. The number of likely N-dealkylation sites (tertiary alicyclic amines) is 1. The van der Waals surface area contributed by atoms with E-state index in [2.05, 4.69) is 15.5 Å². The van der Waals surface area contributed by atoms with Crippen LogP contribution >= 0.6 is 0 Å². The number of hydrogen-bond donors (Lipinski definition) is 1. The SMILES string of the molecule is O=C(Cn1cnnn1)N1CC[C@@H]2[C@H]1C(=O)N2S(=O)(=O)O.[H-].[Na+]. The van der Waals surface area contributed by atoms with Crippen LogP contribution in [-0.4, -0.2) is 72.8 Å². The van der Waals surface area contributed by atoms with Gasteiger partial charge in [0, 0.05) is 6.54 Å². The number of fused-ring (bicyclic) bond motifs is 1. The number of tetrazole rings is 1. The Kier molecular flexibility index (Phi) is 4.35. The van der Waals surface area contributed by atoms with Crippen molar-refractivity contribution in [1.82, 2.24) is 29.4 Å². The molecule has 2 atom stereocenters. The third-order valence-electron chi connectivity index (χ3n) is 3.40. The maximum Gasteiger partial charge on any atom is 1.00 e. The van der Waals surface area contributed by atoms with Gasteiger partial charge in [-0.15, -0.1) is 5.10 Å². The van der Waals surface area contributed by atoms with Crippen LogP contribution in [0.2, 0.25) is 0 Å². The first kappa shape index (κ1) is 16.3. The number of amides is 2. The molecule has 1 aromatic heterocycles. The summed E-state index contributed by atoms with van der Waals surface area (Å²) in [5.74, 6) is -1.17. The van der Waals surface area contributed by atoms with Crippen LogP contribution in [0.15, 0.2) is 6.33 Å². The molecule has 0 aromatic carbocycles. The van der Waals surface area contributed by atoms with Crippen LogP contribution in [0.3, 0.4) is 0 Å². The molecule has 1 N–H and O–H groups in total. The molecule has 2 aliphatic rings. The van der Waals surface area contributed by atoms with Gasteiger partial charge in [-0.2, -0.15) is 8.42 Å². The van der Waals surface area contributed by atoms with Crippen molar-refractivity contribution in [1.29, 1.82) is 0 Å². The van der Waals surface area contributed by atoms with Crippen LogP contribution in [0.1, 0.15) is 7.85 Å². The van der Waals surface area contributed by atoms with Crippen LogP contribution in [0.4, 0.5) is 0 Å². The van der Waals surface area contributed by atoms with Gasteiger partial charge >= 0.3 is 39.9 Å². The quantitative estimate of drug-likeness (QED) is 0.329. The van der Waals surface area contributed by atoms with Gasteiger partial charge in [-0.25, -0.2) is 8.99 Å². The van der Waals surface area contributed by atoms with Gasteiger partial charge in [-0.05, 0) is 16.8 Å². The molecule has 2 fully saturated rings. The van der Waals surface area contributed by atoms with Crippen molar-refractivity contribution in [3.05, 3.63) is 6.33 Å². The largest absolute Gasteiger partial charge is 1.00 e. The Balaban J connectivity index is 0.00000121. The Morgan fingerprint density at radius 1 is 1.52 bits per heavy atom. The Morgan fingerprint density at radius 3 is 2.81 bits per heavy atom. The average Bonchev–Trinajstić information content (AvgIpc) is 2.93. The Morgan fingerprint density at radius 2 is 2.24 bits per heavy atom. The van der Waals surface area contributed by atoms with Crippen molar-refractivity contribution in [2.45, 2.75) is 25.0 Å². The first-order valence-corrected chi connectivity index (χ1v) is 7.10. The molecule has 3 rings (SSSR count). The Hall–Kier alpha value is -1.08. The zero-order valence-electron chi connectivity index (χ0n) is 12.0. The number of nitrogens with zero attached hydrogens (tertiary/aromatic N) is 6. The minimum Gasteiger partial charge on any atom is -1.00 e. The van der Waals surface area contributed by atoms with Crippen molar-refractivity contribution < 1.29 is 53.5 Å². The van der Waals surface area contributed by atoms with Crippen LogP contribution in [0.25, 0.3) is 0 Å². The number of hydrogen-bond acceptors (Lipinski definition) is 7. The van der Waals surface area contributed by atoms with Gasteiger partial charge in [-0.1, -0.05) is 0 Å². The van der Waals surface area contributed by atoms with Crippen LogP contribution in [0, 0.1) is 0 Å². The molecule has 2 amide bonds. The van der Waals surface area contributed by atoms with Crippen molar-refractivity contribution in [2.24, 2.45) is 0 Å². The molecule has 21 heavy (non-hydrogen) atoms. The molecule has 13 heteroatoms. The fourth-order valence-electron chi connectivity index (χ4n) is 2.58. The van der Waals surface area contributed by atoms with Crippen molar-refractivity contribution in [2.75, 3.05) is 6.54 Å². The summed E-state index contributed by atoms with van der Waals surface area (Å²) in [5, 5.41) is 10.3. The van der Waals surface area contributed by atoms with Crippen LogP contribution in [0.5, 0.6) is 0 Å². The molecule has 0 spiro atoms. The fourth-order valence-corrected chi connectivity index (χ4v) is 3.48. The minimum atomic E-state index is -4.56. The third-order valence-corrected chi connectivity index (χ3v) is 4.34. The van der Waals surface area contributed by atoms with E-state index in [0.29, 0.717) is 10.7 Å². The van der Waals surface area contributed by atoms with Crippen molar-refractivity contribution >= 4 is 22.1 Å². The number of β-lactam (4-membered cyclic amide) rings is 1. The molecule has 0 radical (unpaired) electrons. The van der Waals surface area contributed by atoms with Gasteiger partial charge in [0.25, 0.3) is 5.91 Å². The van der Waals surface area contributed by atoms with Gasteiger partial charge in [0.05, 0.1) is 6.04 Å². The van der Waals surface area contributed by atoms with E-state index < -0.39 is 28.3 Å².